The number of benzene rings is 1. The van der Waals surface area contributed by atoms with Crippen LogP contribution in [0.5, 0.6) is 0 Å². The number of hydrogen-bond acceptors (Lipinski definition) is 3. The van der Waals surface area contributed by atoms with Crippen molar-refractivity contribution in [2.24, 2.45) is 17.8 Å². The molecule has 1 aliphatic heterocycles. The predicted molar refractivity (Wildman–Crippen MR) is 101 cm³/mol. The summed E-state index contributed by atoms with van der Waals surface area (Å²) in [5.41, 5.74) is 2.13. The van der Waals surface area contributed by atoms with Crippen LogP contribution < -0.4 is 5.32 Å². The highest BCUT2D eigenvalue weighted by Gasteiger charge is 2.55. The molecule has 23 heavy (non-hydrogen) atoms. The minimum absolute atomic E-state index is 0.206. The maximum absolute atomic E-state index is 12.8. The topological polar surface area (TPSA) is 29.1 Å². The molecule has 3 fully saturated rings. The van der Waals surface area contributed by atoms with Crippen molar-refractivity contribution in [2.45, 2.75) is 43.1 Å². The third-order valence-corrected chi connectivity index (χ3v) is 9.91. The van der Waals surface area contributed by atoms with Crippen molar-refractivity contribution in [3.05, 3.63) is 29.8 Å². The molecular formula is C19H25NOS2. The first-order valence-corrected chi connectivity index (χ1v) is 10.8. The molecule has 1 saturated heterocycles. The summed E-state index contributed by atoms with van der Waals surface area (Å²) in [7, 11) is 0. The fourth-order valence-corrected chi connectivity index (χ4v) is 8.71. The predicted octanol–water partition coefficient (Wildman–Crippen LogP) is 4.94. The molecule has 3 aliphatic rings. The SMILES string of the molecule is Cc1ccccc1NC(=O)C1C[C@H]2CCC[C@@H](C1)C21SCCS1. The van der Waals surface area contributed by atoms with E-state index in [1.807, 2.05) is 18.2 Å². The van der Waals surface area contributed by atoms with E-state index >= 15 is 0 Å². The summed E-state index contributed by atoms with van der Waals surface area (Å²) in [4.78, 5) is 12.8. The van der Waals surface area contributed by atoms with E-state index in [0.29, 0.717) is 4.08 Å². The van der Waals surface area contributed by atoms with E-state index in [-0.39, 0.29) is 11.8 Å². The maximum Gasteiger partial charge on any atom is 0.227 e. The third-order valence-electron chi connectivity index (χ3n) is 5.89. The van der Waals surface area contributed by atoms with Gasteiger partial charge in [-0.15, -0.1) is 23.5 Å². The second kappa shape index (κ2) is 6.36. The van der Waals surface area contributed by atoms with Crippen molar-refractivity contribution in [3.8, 4) is 0 Å². The van der Waals surface area contributed by atoms with Gasteiger partial charge in [-0.2, -0.15) is 0 Å². The molecule has 1 amide bonds. The van der Waals surface area contributed by atoms with Crippen LogP contribution in [0.3, 0.4) is 0 Å². The molecule has 0 aromatic heterocycles. The zero-order chi connectivity index (χ0) is 15.9. The van der Waals surface area contributed by atoms with Crippen LogP contribution in [0, 0.1) is 24.7 Å². The van der Waals surface area contributed by atoms with Gasteiger partial charge in [0.25, 0.3) is 0 Å². The lowest BCUT2D eigenvalue weighted by molar-refractivity contribution is -0.122. The maximum atomic E-state index is 12.8. The van der Waals surface area contributed by atoms with E-state index in [1.54, 1.807) is 0 Å². The van der Waals surface area contributed by atoms with Crippen LogP contribution >= 0.6 is 23.5 Å². The average Bonchev–Trinajstić information content (AvgIpc) is 2.99. The molecule has 1 heterocycles. The lowest BCUT2D eigenvalue weighted by Gasteiger charge is -2.52. The van der Waals surface area contributed by atoms with Gasteiger partial charge in [0.1, 0.15) is 0 Å². The Morgan fingerprint density at radius 3 is 2.43 bits per heavy atom. The van der Waals surface area contributed by atoms with Gasteiger partial charge in [-0.25, -0.2) is 0 Å². The molecule has 3 atom stereocenters. The Hall–Kier alpha value is -0.610. The Kier molecular flexibility index (Phi) is 4.39. The summed E-state index contributed by atoms with van der Waals surface area (Å²) in [6.07, 6.45) is 6.20. The van der Waals surface area contributed by atoms with E-state index in [2.05, 4.69) is 41.8 Å². The average molecular weight is 348 g/mol. The fraction of sp³-hybridized carbons (Fsp3) is 0.632. The van der Waals surface area contributed by atoms with Crippen molar-refractivity contribution < 1.29 is 4.79 Å². The van der Waals surface area contributed by atoms with Crippen LogP contribution in [0.4, 0.5) is 5.69 Å². The Morgan fingerprint density at radius 2 is 1.78 bits per heavy atom. The molecule has 2 aliphatic carbocycles. The number of thioether (sulfide) groups is 2. The van der Waals surface area contributed by atoms with E-state index in [4.69, 9.17) is 0 Å². The van der Waals surface area contributed by atoms with Crippen LogP contribution in [-0.2, 0) is 4.79 Å². The van der Waals surface area contributed by atoms with Crippen LogP contribution in [0.2, 0.25) is 0 Å². The summed E-state index contributed by atoms with van der Waals surface area (Å²) >= 11 is 4.42. The minimum atomic E-state index is 0.206. The second-order valence-corrected chi connectivity index (χ2v) is 10.2. The van der Waals surface area contributed by atoms with Crippen LogP contribution in [0.15, 0.2) is 24.3 Å². The summed E-state index contributed by atoms with van der Waals surface area (Å²) in [5, 5.41) is 3.20. The van der Waals surface area contributed by atoms with Crippen LogP contribution in [0.25, 0.3) is 0 Å². The first-order chi connectivity index (χ1) is 11.2. The molecule has 4 rings (SSSR count). The second-order valence-electron chi connectivity index (χ2n) is 7.22. The molecule has 1 spiro atoms. The number of carbonyl (C=O) groups excluding carboxylic acids is 1. The molecule has 124 valence electrons. The van der Waals surface area contributed by atoms with Crippen LogP contribution in [-0.4, -0.2) is 21.5 Å². The monoisotopic (exact) mass is 347 g/mol. The van der Waals surface area contributed by atoms with Crippen molar-refractivity contribution in [1.29, 1.82) is 0 Å². The van der Waals surface area contributed by atoms with Crippen molar-refractivity contribution in [2.75, 3.05) is 16.8 Å². The third kappa shape index (κ3) is 2.82. The van der Waals surface area contributed by atoms with Gasteiger partial charge in [0, 0.05) is 23.1 Å². The summed E-state index contributed by atoms with van der Waals surface area (Å²) in [6.45, 7) is 2.06. The molecule has 2 nitrogen and oxygen atoms in total. The number of rotatable bonds is 2. The van der Waals surface area contributed by atoms with Crippen LogP contribution in [0.1, 0.15) is 37.7 Å². The molecule has 0 radical (unpaired) electrons. The quantitative estimate of drug-likeness (QED) is 0.822. The summed E-state index contributed by atoms with van der Waals surface area (Å²) in [6, 6.07) is 8.10. The molecule has 2 saturated carbocycles. The molecular weight excluding hydrogens is 322 g/mol. The lowest BCUT2D eigenvalue weighted by atomic mass is 9.67. The molecule has 1 N–H and O–H groups in total. The number of aryl methyl sites for hydroxylation is 1. The number of hydrogen-bond donors (Lipinski definition) is 1. The Labute approximate surface area is 147 Å². The van der Waals surface area contributed by atoms with Gasteiger partial charge in [0.2, 0.25) is 5.91 Å². The number of amides is 1. The Balaban J connectivity index is 1.49. The van der Waals surface area contributed by atoms with Crippen molar-refractivity contribution in [3.63, 3.8) is 0 Å². The standard InChI is InChI=1S/C19H25NOS2/c1-13-5-2-3-8-17(13)20-18(21)14-11-15-6-4-7-16(12-14)19(15)22-9-10-23-19/h2-3,5,8,14-16H,4,6-7,9-12H2,1H3,(H,20,21)/t14?,15-,16+. The van der Waals surface area contributed by atoms with E-state index < -0.39 is 0 Å². The highest BCUT2D eigenvalue weighted by Crippen LogP contribution is 2.64. The van der Waals surface area contributed by atoms with Gasteiger partial charge in [-0.1, -0.05) is 24.6 Å². The fourth-order valence-electron chi connectivity index (χ4n) is 4.77. The highest BCUT2D eigenvalue weighted by molar-refractivity contribution is 8.21. The van der Waals surface area contributed by atoms with Gasteiger partial charge >= 0.3 is 0 Å². The number of anilines is 1. The zero-order valence-electron chi connectivity index (χ0n) is 13.7. The normalized spacial score (nSPS) is 32.0. The highest BCUT2D eigenvalue weighted by atomic mass is 32.2. The number of para-hydroxylation sites is 1. The summed E-state index contributed by atoms with van der Waals surface area (Å²) < 4.78 is 0.456. The lowest BCUT2D eigenvalue weighted by Crippen LogP contribution is -2.48. The Morgan fingerprint density at radius 1 is 1.13 bits per heavy atom. The first-order valence-electron chi connectivity index (χ1n) is 8.83. The van der Waals surface area contributed by atoms with Gasteiger partial charge in [0.15, 0.2) is 0 Å². The van der Waals surface area contributed by atoms with Gasteiger partial charge in [-0.05, 0) is 56.1 Å². The van der Waals surface area contributed by atoms with Crippen molar-refractivity contribution in [1.82, 2.24) is 0 Å². The van der Waals surface area contributed by atoms with E-state index in [9.17, 15) is 4.79 Å². The zero-order valence-corrected chi connectivity index (χ0v) is 15.3. The molecule has 4 heteroatoms. The largest absolute Gasteiger partial charge is 0.326 e. The first kappa shape index (κ1) is 15.9. The van der Waals surface area contributed by atoms with Gasteiger partial charge in [-0.3, -0.25) is 4.79 Å². The Bertz CT molecular complexity index is 581. The number of carbonyl (C=O) groups is 1. The molecule has 1 unspecified atom stereocenters. The molecule has 1 aromatic carbocycles. The smallest absolute Gasteiger partial charge is 0.227 e. The van der Waals surface area contributed by atoms with Gasteiger partial charge in [0.05, 0.1) is 4.08 Å². The van der Waals surface area contributed by atoms with Gasteiger partial charge < -0.3 is 5.32 Å². The minimum Gasteiger partial charge on any atom is -0.326 e. The molecule has 2 bridgehead atoms. The number of nitrogens with one attached hydrogen (secondary N) is 1. The summed E-state index contributed by atoms with van der Waals surface area (Å²) in [5.74, 6) is 4.53. The van der Waals surface area contributed by atoms with E-state index in [1.165, 1.54) is 30.8 Å². The van der Waals surface area contributed by atoms with Crippen molar-refractivity contribution >= 4 is 35.1 Å². The van der Waals surface area contributed by atoms with E-state index in [0.717, 1.165) is 35.9 Å². The molecule has 1 aromatic rings.